The summed E-state index contributed by atoms with van der Waals surface area (Å²) in [7, 11) is 0. The van der Waals surface area contributed by atoms with E-state index >= 15 is 0 Å². The maximum atomic E-state index is 13.3. The number of carbonyl (C=O) groups is 1. The van der Waals surface area contributed by atoms with Crippen molar-refractivity contribution in [2.45, 2.75) is 134 Å². The summed E-state index contributed by atoms with van der Waals surface area (Å²) in [4.78, 5) is 13.3. The van der Waals surface area contributed by atoms with E-state index in [2.05, 4.69) is 5.32 Å². The van der Waals surface area contributed by atoms with E-state index in [1.165, 1.54) is 0 Å². The van der Waals surface area contributed by atoms with E-state index in [-0.39, 0.29) is 31.1 Å². The Hall–Kier alpha value is -1.19. The number of nitrogens with two attached hydrogens (primary N) is 2. The second kappa shape index (κ2) is 16.6. The molecule has 2 aliphatic heterocycles. The Kier molecular flexibility index (Phi) is 14.6. The number of hydrogen-bond acceptors (Lipinski definition) is 11. The molecule has 240 valence electrons. The number of allylic oxidation sites excluding steroid dienone is 1. The molecule has 0 saturated carbocycles. The number of amides is 1. The average Bonchev–Trinajstić information content (AvgIpc) is 2.88. The Morgan fingerprint density at radius 2 is 1.80 bits per heavy atom. The summed E-state index contributed by atoms with van der Waals surface area (Å²) >= 11 is 0. The van der Waals surface area contributed by atoms with Gasteiger partial charge in [0.2, 0.25) is 5.91 Å². The van der Waals surface area contributed by atoms with Gasteiger partial charge in [-0.15, -0.1) is 0 Å². The molecule has 10 N–H and O–H groups in total. The Labute approximate surface area is 244 Å². The maximum absolute atomic E-state index is 13.3. The van der Waals surface area contributed by atoms with Crippen LogP contribution in [0.25, 0.3) is 0 Å². The number of aliphatic hydroxyl groups excluding tert-OH is 4. The van der Waals surface area contributed by atoms with Crippen LogP contribution in [0.15, 0.2) is 12.2 Å². The third kappa shape index (κ3) is 10.8. The van der Waals surface area contributed by atoms with Crippen molar-refractivity contribution in [2.24, 2.45) is 29.2 Å². The summed E-state index contributed by atoms with van der Waals surface area (Å²) in [5.41, 5.74) is 11.5. The van der Waals surface area contributed by atoms with Gasteiger partial charge in [0.1, 0.15) is 6.10 Å². The molecule has 2 rings (SSSR count). The predicted octanol–water partition coefficient (Wildman–Crippen LogP) is -0.125. The lowest BCUT2D eigenvalue weighted by Gasteiger charge is -2.46. The van der Waals surface area contributed by atoms with Crippen molar-refractivity contribution >= 4 is 5.91 Å². The molecule has 0 aromatic rings. The van der Waals surface area contributed by atoms with Gasteiger partial charge in [0.15, 0.2) is 12.1 Å². The maximum Gasteiger partial charge on any atom is 0.228 e. The lowest BCUT2D eigenvalue weighted by molar-refractivity contribution is -0.307. The number of ether oxygens (including phenoxy) is 3. The zero-order valence-electron chi connectivity index (χ0n) is 25.3. The van der Waals surface area contributed by atoms with Crippen LogP contribution in [0, 0.1) is 17.8 Å². The number of carbonyl (C=O) groups excluding carboxylic acids is 1. The number of nitrogens with one attached hydrogen (secondary N) is 1. The second-order valence-corrected chi connectivity index (χ2v) is 12.4. The largest absolute Gasteiger partial charge is 0.393 e. The van der Waals surface area contributed by atoms with Crippen LogP contribution in [0.1, 0.15) is 73.1 Å². The summed E-state index contributed by atoms with van der Waals surface area (Å²) in [5, 5.41) is 56.7. The number of unbranched alkanes of at least 4 members (excludes halogenated alkanes) is 2. The monoisotopic (exact) mass is 589 g/mol. The highest BCUT2D eigenvalue weighted by Gasteiger charge is 2.50. The van der Waals surface area contributed by atoms with Crippen LogP contribution in [0.3, 0.4) is 0 Å². The SMILES string of the molecule is CC(C)/C=C/[C@@H](C[C@@H]1O[C@](O)(C[C@@H](O)C(C)C)C[C@H](O)C1C(=O)NCCCCCN)OC1OC(C)C(O)C(N)C1O. The van der Waals surface area contributed by atoms with Gasteiger partial charge in [-0.1, -0.05) is 46.3 Å². The van der Waals surface area contributed by atoms with Crippen molar-refractivity contribution in [3.63, 3.8) is 0 Å². The highest BCUT2D eigenvalue weighted by Crippen LogP contribution is 2.38. The molecule has 0 aromatic carbocycles. The van der Waals surface area contributed by atoms with Gasteiger partial charge in [-0.25, -0.2) is 0 Å². The Morgan fingerprint density at radius 3 is 2.41 bits per heavy atom. The molecule has 0 aliphatic carbocycles. The zero-order valence-corrected chi connectivity index (χ0v) is 25.3. The minimum Gasteiger partial charge on any atom is -0.393 e. The Morgan fingerprint density at radius 1 is 1.12 bits per heavy atom. The molecule has 0 aromatic heterocycles. The van der Waals surface area contributed by atoms with Gasteiger partial charge < -0.3 is 56.5 Å². The van der Waals surface area contributed by atoms with Crippen molar-refractivity contribution in [1.29, 1.82) is 0 Å². The molecule has 12 nitrogen and oxygen atoms in total. The highest BCUT2D eigenvalue weighted by molar-refractivity contribution is 5.80. The van der Waals surface area contributed by atoms with Gasteiger partial charge in [-0.2, -0.15) is 0 Å². The summed E-state index contributed by atoms with van der Waals surface area (Å²) in [5.74, 6) is -3.34. The average molecular weight is 590 g/mol. The van der Waals surface area contributed by atoms with Crippen LogP contribution in [0.4, 0.5) is 0 Å². The van der Waals surface area contributed by atoms with E-state index in [1.54, 1.807) is 13.0 Å². The molecule has 2 fully saturated rings. The van der Waals surface area contributed by atoms with E-state index < -0.39 is 72.7 Å². The fraction of sp³-hybridized carbons (Fsp3) is 0.897. The minimum atomic E-state index is -1.88. The van der Waals surface area contributed by atoms with Gasteiger partial charge in [0, 0.05) is 25.8 Å². The quantitative estimate of drug-likeness (QED) is 0.0932. The lowest BCUT2D eigenvalue weighted by atomic mass is 9.81. The first-order valence-electron chi connectivity index (χ1n) is 15.0. The Balaban J connectivity index is 2.32. The van der Waals surface area contributed by atoms with E-state index in [1.807, 2.05) is 33.8 Å². The molecule has 0 spiro atoms. The Bertz CT molecular complexity index is 816. The van der Waals surface area contributed by atoms with E-state index in [9.17, 15) is 30.3 Å². The van der Waals surface area contributed by atoms with Crippen molar-refractivity contribution in [3.05, 3.63) is 12.2 Å². The number of aliphatic hydroxyl groups is 5. The van der Waals surface area contributed by atoms with E-state index in [0.29, 0.717) is 13.1 Å². The van der Waals surface area contributed by atoms with Crippen molar-refractivity contribution in [2.75, 3.05) is 13.1 Å². The second-order valence-electron chi connectivity index (χ2n) is 12.4. The molecule has 2 aliphatic rings. The minimum absolute atomic E-state index is 0.0182. The summed E-state index contributed by atoms with van der Waals surface area (Å²) in [6.07, 6.45) is -2.50. The molecule has 12 heteroatoms. The smallest absolute Gasteiger partial charge is 0.228 e. The fourth-order valence-electron chi connectivity index (χ4n) is 5.22. The molecule has 41 heavy (non-hydrogen) atoms. The van der Waals surface area contributed by atoms with Gasteiger partial charge in [-0.05, 0) is 38.1 Å². The van der Waals surface area contributed by atoms with Crippen LogP contribution in [0.2, 0.25) is 0 Å². The first-order chi connectivity index (χ1) is 19.2. The van der Waals surface area contributed by atoms with E-state index in [4.69, 9.17) is 25.7 Å². The first-order valence-corrected chi connectivity index (χ1v) is 15.0. The van der Waals surface area contributed by atoms with Crippen molar-refractivity contribution in [3.8, 4) is 0 Å². The molecular weight excluding hydrogens is 534 g/mol. The number of hydrogen-bond donors (Lipinski definition) is 8. The van der Waals surface area contributed by atoms with Crippen LogP contribution < -0.4 is 16.8 Å². The fourth-order valence-corrected chi connectivity index (χ4v) is 5.22. The summed E-state index contributed by atoms with van der Waals surface area (Å²) in [6.45, 7) is 10.2. The normalized spacial score (nSPS) is 36.1. The molecular formula is C29H55N3O9. The standard InChI is InChI=1S/C29H55N3O9/c1-16(2)9-10-19(40-28-26(36)24(31)25(35)18(5)39-28)13-22-23(27(37)32-12-8-6-7-11-30)21(34)15-29(38,41-22)14-20(33)17(3)4/h9-10,16-26,28,33-36,38H,6-8,11-15,30-31H2,1-5H3,(H,32,37)/b10-9+/t18?,19-,20+,21-,22-,23?,24?,25?,26?,28?,29+/m0/s1. The van der Waals surface area contributed by atoms with Gasteiger partial charge >= 0.3 is 0 Å². The van der Waals surface area contributed by atoms with Gasteiger partial charge in [0.25, 0.3) is 0 Å². The lowest BCUT2D eigenvalue weighted by Crippen LogP contribution is -2.62. The summed E-state index contributed by atoms with van der Waals surface area (Å²) < 4.78 is 18.0. The topological polar surface area (TPSA) is 210 Å². The molecule has 2 saturated heterocycles. The highest BCUT2D eigenvalue weighted by atomic mass is 16.7. The van der Waals surface area contributed by atoms with Crippen LogP contribution in [-0.2, 0) is 19.0 Å². The van der Waals surface area contributed by atoms with Crippen LogP contribution in [0.5, 0.6) is 0 Å². The van der Waals surface area contributed by atoms with Crippen molar-refractivity contribution < 1.29 is 44.5 Å². The first kappa shape index (κ1) is 36.0. The molecule has 0 bridgehead atoms. The molecule has 2 heterocycles. The molecule has 11 atom stereocenters. The summed E-state index contributed by atoms with van der Waals surface area (Å²) in [6, 6.07) is -0.994. The third-order valence-corrected chi connectivity index (χ3v) is 7.88. The van der Waals surface area contributed by atoms with Crippen molar-refractivity contribution in [1.82, 2.24) is 5.32 Å². The predicted molar refractivity (Wildman–Crippen MR) is 153 cm³/mol. The van der Waals surface area contributed by atoms with Gasteiger partial charge in [-0.3, -0.25) is 4.79 Å². The number of rotatable bonds is 15. The molecule has 1 amide bonds. The van der Waals surface area contributed by atoms with Crippen LogP contribution >= 0.6 is 0 Å². The van der Waals surface area contributed by atoms with E-state index in [0.717, 1.165) is 19.3 Å². The third-order valence-electron chi connectivity index (χ3n) is 7.88. The zero-order chi connectivity index (χ0) is 30.9. The van der Waals surface area contributed by atoms with Gasteiger partial charge in [0.05, 0.1) is 48.6 Å². The molecule has 6 unspecified atom stereocenters. The molecule has 0 radical (unpaired) electrons. The van der Waals surface area contributed by atoms with Crippen LogP contribution in [-0.4, -0.2) is 105 Å².